The summed E-state index contributed by atoms with van der Waals surface area (Å²) >= 11 is 0. The molecule has 1 aliphatic heterocycles. The highest BCUT2D eigenvalue weighted by atomic mass is 16.2. The standard InChI is InChI=1S/C19H23N5O3/c1-11-13(12(2)24(4)22-11)9-10-20-17(25)18(26)21-16-14-7-5-6-8-15(14)23(3)19(16)27/h5-8,16H,9-10H2,1-4H3,(H,20,25)(H,21,26)/t16-/m0/s1. The number of carbonyl (C=O) groups excluding carboxylic acids is 3. The lowest BCUT2D eigenvalue weighted by molar-refractivity contribution is -0.140. The van der Waals surface area contributed by atoms with Gasteiger partial charge >= 0.3 is 11.8 Å². The van der Waals surface area contributed by atoms with Crippen LogP contribution in [0.2, 0.25) is 0 Å². The van der Waals surface area contributed by atoms with Crippen molar-refractivity contribution in [2.75, 3.05) is 18.5 Å². The Morgan fingerprint density at radius 2 is 1.85 bits per heavy atom. The van der Waals surface area contributed by atoms with Gasteiger partial charge in [-0.15, -0.1) is 0 Å². The Balaban J connectivity index is 1.58. The molecule has 0 saturated heterocycles. The zero-order valence-electron chi connectivity index (χ0n) is 15.9. The number of aryl methyl sites for hydroxylation is 2. The first kappa shape index (κ1) is 18.6. The topological polar surface area (TPSA) is 96.3 Å². The van der Waals surface area contributed by atoms with E-state index in [1.807, 2.05) is 27.0 Å². The van der Waals surface area contributed by atoms with E-state index in [0.717, 1.165) is 22.6 Å². The summed E-state index contributed by atoms with van der Waals surface area (Å²) in [5.41, 5.74) is 4.41. The highest BCUT2D eigenvalue weighted by Crippen LogP contribution is 2.34. The number of benzene rings is 1. The van der Waals surface area contributed by atoms with Crippen LogP contribution in [-0.4, -0.2) is 41.1 Å². The Bertz CT molecular complexity index is 918. The van der Waals surface area contributed by atoms with Gasteiger partial charge in [0.25, 0.3) is 5.91 Å². The van der Waals surface area contributed by atoms with Crippen molar-refractivity contribution < 1.29 is 14.4 Å². The number of anilines is 1. The van der Waals surface area contributed by atoms with Crippen LogP contribution in [0.5, 0.6) is 0 Å². The minimum atomic E-state index is -0.840. The summed E-state index contributed by atoms with van der Waals surface area (Å²) in [4.78, 5) is 38.2. The number of hydrogen-bond donors (Lipinski definition) is 2. The maximum Gasteiger partial charge on any atom is 0.310 e. The van der Waals surface area contributed by atoms with Gasteiger partial charge in [-0.25, -0.2) is 0 Å². The predicted octanol–water partition coefficient (Wildman–Crippen LogP) is 0.530. The van der Waals surface area contributed by atoms with E-state index < -0.39 is 17.9 Å². The molecule has 8 nitrogen and oxygen atoms in total. The van der Waals surface area contributed by atoms with Crippen molar-refractivity contribution in [2.24, 2.45) is 7.05 Å². The largest absolute Gasteiger partial charge is 0.348 e. The number of nitrogens with one attached hydrogen (secondary N) is 2. The molecule has 0 spiro atoms. The highest BCUT2D eigenvalue weighted by molar-refractivity contribution is 6.35. The van der Waals surface area contributed by atoms with E-state index in [-0.39, 0.29) is 5.91 Å². The first-order valence-corrected chi connectivity index (χ1v) is 8.75. The summed E-state index contributed by atoms with van der Waals surface area (Å²) in [6, 6.07) is 6.35. The van der Waals surface area contributed by atoms with E-state index in [2.05, 4.69) is 15.7 Å². The molecular formula is C19H23N5O3. The number of nitrogens with zero attached hydrogens (tertiary/aromatic N) is 3. The minimum Gasteiger partial charge on any atom is -0.348 e. The molecule has 8 heteroatoms. The molecule has 2 heterocycles. The lowest BCUT2D eigenvalue weighted by Crippen LogP contribution is -2.44. The summed E-state index contributed by atoms with van der Waals surface area (Å²) in [5, 5.41) is 9.47. The first-order chi connectivity index (χ1) is 12.8. The van der Waals surface area contributed by atoms with Crippen molar-refractivity contribution >= 4 is 23.4 Å². The second kappa shape index (κ2) is 7.22. The van der Waals surface area contributed by atoms with Crippen LogP contribution in [0.3, 0.4) is 0 Å². The molecular weight excluding hydrogens is 346 g/mol. The Morgan fingerprint density at radius 3 is 2.52 bits per heavy atom. The highest BCUT2D eigenvalue weighted by Gasteiger charge is 2.36. The van der Waals surface area contributed by atoms with Crippen molar-refractivity contribution in [2.45, 2.75) is 26.3 Å². The summed E-state index contributed by atoms with van der Waals surface area (Å²) < 4.78 is 1.79. The number of rotatable bonds is 4. The van der Waals surface area contributed by atoms with Crippen molar-refractivity contribution in [1.29, 1.82) is 0 Å². The number of para-hydroxylation sites is 1. The lowest BCUT2D eigenvalue weighted by Gasteiger charge is -2.13. The van der Waals surface area contributed by atoms with E-state index in [1.54, 1.807) is 29.9 Å². The predicted molar refractivity (Wildman–Crippen MR) is 100 cm³/mol. The van der Waals surface area contributed by atoms with Crippen LogP contribution < -0.4 is 15.5 Å². The molecule has 2 N–H and O–H groups in total. The summed E-state index contributed by atoms with van der Waals surface area (Å²) in [6.45, 7) is 4.19. The molecule has 3 amide bonds. The van der Waals surface area contributed by atoms with Gasteiger partial charge in [0, 0.05) is 37.6 Å². The monoisotopic (exact) mass is 369 g/mol. The number of hydrogen-bond acceptors (Lipinski definition) is 4. The molecule has 0 unspecified atom stereocenters. The molecule has 0 bridgehead atoms. The zero-order chi connectivity index (χ0) is 19.7. The van der Waals surface area contributed by atoms with Crippen molar-refractivity contribution in [3.8, 4) is 0 Å². The Hall–Kier alpha value is -3.16. The molecule has 0 fully saturated rings. The molecule has 0 saturated carbocycles. The maximum absolute atomic E-state index is 12.4. The van der Waals surface area contributed by atoms with E-state index in [4.69, 9.17) is 0 Å². The van der Waals surface area contributed by atoms with Gasteiger partial charge in [-0.05, 0) is 31.9 Å². The van der Waals surface area contributed by atoms with Gasteiger partial charge in [-0.3, -0.25) is 19.1 Å². The summed E-state index contributed by atoms with van der Waals surface area (Å²) in [6.07, 6.45) is 0.582. The van der Waals surface area contributed by atoms with Gasteiger partial charge in [0.2, 0.25) is 0 Å². The van der Waals surface area contributed by atoms with Crippen LogP contribution in [0, 0.1) is 13.8 Å². The molecule has 142 valence electrons. The van der Waals surface area contributed by atoms with Crippen molar-refractivity contribution in [1.82, 2.24) is 20.4 Å². The fourth-order valence-corrected chi connectivity index (χ4v) is 3.38. The second-order valence-corrected chi connectivity index (χ2v) is 6.64. The molecule has 2 aromatic rings. The Kier molecular flexibility index (Phi) is 4.98. The van der Waals surface area contributed by atoms with Gasteiger partial charge in [0.15, 0.2) is 0 Å². The Morgan fingerprint density at radius 1 is 1.15 bits per heavy atom. The minimum absolute atomic E-state index is 0.265. The normalized spacial score (nSPS) is 15.6. The van der Waals surface area contributed by atoms with Crippen LogP contribution in [0.25, 0.3) is 0 Å². The van der Waals surface area contributed by atoms with Crippen molar-refractivity contribution in [3.63, 3.8) is 0 Å². The first-order valence-electron chi connectivity index (χ1n) is 8.75. The van der Waals surface area contributed by atoms with Gasteiger partial charge in [-0.1, -0.05) is 18.2 Å². The van der Waals surface area contributed by atoms with Crippen LogP contribution >= 0.6 is 0 Å². The quantitative estimate of drug-likeness (QED) is 0.769. The SMILES string of the molecule is Cc1nn(C)c(C)c1CCNC(=O)C(=O)N[C@@H]1C(=O)N(C)c2ccccc21. The van der Waals surface area contributed by atoms with Gasteiger partial charge in [0.1, 0.15) is 6.04 Å². The summed E-state index contributed by atoms with van der Waals surface area (Å²) in [5.74, 6) is -1.84. The number of aromatic nitrogens is 2. The number of carbonyl (C=O) groups is 3. The van der Waals surface area contributed by atoms with Crippen LogP contribution in [0.4, 0.5) is 5.69 Å². The Labute approximate surface area is 157 Å². The third-order valence-electron chi connectivity index (χ3n) is 4.99. The molecule has 27 heavy (non-hydrogen) atoms. The maximum atomic E-state index is 12.4. The average Bonchev–Trinajstić information content (AvgIpc) is 3.03. The summed E-state index contributed by atoms with van der Waals surface area (Å²) in [7, 11) is 3.51. The zero-order valence-corrected chi connectivity index (χ0v) is 15.9. The fourth-order valence-electron chi connectivity index (χ4n) is 3.38. The van der Waals surface area contributed by atoms with Gasteiger partial charge in [0.05, 0.1) is 5.69 Å². The second-order valence-electron chi connectivity index (χ2n) is 6.64. The van der Waals surface area contributed by atoms with E-state index in [0.29, 0.717) is 18.5 Å². The molecule has 1 aromatic heterocycles. The third kappa shape index (κ3) is 3.42. The third-order valence-corrected chi connectivity index (χ3v) is 4.99. The number of amides is 3. The van der Waals surface area contributed by atoms with E-state index in [9.17, 15) is 14.4 Å². The van der Waals surface area contributed by atoms with E-state index in [1.165, 1.54) is 4.90 Å². The van der Waals surface area contributed by atoms with Crippen LogP contribution in [0.15, 0.2) is 24.3 Å². The van der Waals surface area contributed by atoms with E-state index >= 15 is 0 Å². The number of fused-ring (bicyclic) bond motifs is 1. The molecule has 1 aromatic carbocycles. The van der Waals surface area contributed by atoms with Gasteiger partial charge < -0.3 is 15.5 Å². The lowest BCUT2D eigenvalue weighted by atomic mass is 10.1. The smallest absolute Gasteiger partial charge is 0.310 e. The number of likely N-dealkylation sites (N-methyl/N-ethyl adjacent to an activating group) is 1. The van der Waals surface area contributed by atoms with Crippen molar-refractivity contribution in [3.05, 3.63) is 46.8 Å². The molecule has 1 aliphatic rings. The average molecular weight is 369 g/mol. The fraction of sp³-hybridized carbons (Fsp3) is 0.368. The van der Waals surface area contributed by atoms with Crippen LogP contribution in [0.1, 0.15) is 28.6 Å². The molecule has 0 radical (unpaired) electrons. The van der Waals surface area contributed by atoms with Crippen LogP contribution in [-0.2, 0) is 27.9 Å². The molecule has 3 rings (SSSR count). The molecule has 0 aliphatic carbocycles. The van der Waals surface area contributed by atoms with Gasteiger partial charge in [-0.2, -0.15) is 5.10 Å². The molecule has 1 atom stereocenters.